The summed E-state index contributed by atoms with van der Waals surface area (Å²) in [5.41, 5.74) is 2.29. The number of hydrogen-bond acceptors (Lipinski definition) is 3. The van der Waals surface area contributed by atoms with Gasteiger partial charge in [0.2, 0.25) is 0 Å². The monoisotopic (exact) mass is 286 g/mol. The lowest BCUT2D eigenvalue weighted by molar-refractivity contribution is -0.385. The third-order valence-corrected chi connectivity index (χ3v) is 3.50. The van der Waals surface area contributed by atoms with E-state index in [4.69, 9.17) is 0 Å². The Morgan fingerprint density at radius 1 is 1.24 bits per heavy atom. The van der Waals surface area contributed by atoms with Crippen LogP contribution in [0.1, 0.15) is 36.5 Å². The van der Waals surface area contributed by atoms with Crippen LogP contribution in [0.25, 0.3) is 0 Å². The van der Waals surface area contributed by atoms with Crippen molar-refractivity contribution in [3.05, 3.63) is 73.7 Å². The molecule has 2 aromatic rings. The number of aryl methyl sites for hydroxylation is 1. The molecule has 0 atom stereocenters. The Morgan fingerprint density at radius 2 is 1.86 bits per heavy atom. The highest BCUT2D eigenvalue weighted by atomic mass is 16.6. The molecule has 0 saturated heterocycles. The maximum atomic E-state index is 11.9. The fourth-order valence-electron chi connectivity index (χ4n) is 2.17. The highest BCUT2D eigenvalue weighted by Crippen LogP contribution is 2.17. The topological polar surface area (TPSA) is 65.1 Å². The van der Waals surface area contributed by atoms with Crippen molar-refractivity contribution < 1.29 is 4.92 Å². The molecule has 21 heavy (non-hydrogen) atoms. The molecule has 2 rings (SSSR count). The first-order valence-electron chi connectivity index (χ1n) is 6.83. The Morgan fingerprint density at radius 3 is 2.38 bits per heavy atom. The van der Waals surface area contributed by atoms with Crippen LogP contribution in [0, 0.1) is 17.0 Å². The molecule has 0 bridgehead atoms. The smallest absolute Gasteiger partial charge is 0.288 e. The van der Waals surface area contributed by atoms with Gasteiger partial charge < -0.3 is 4.57 Å². The van der Waals surface area contributed by atoms with Crippen molar-refractivity contribution in [2.24, 2.45) is 0 Å². The van der Waals surface area contributed by atoms with E-state index in [1.807, 2.05) is 24.3 Å². The molecule has 0 fully saturated rings. The molecule has 110 valence electrons. The summed E-state index contributed by atoms with van der Waals surface area (Å²) in [6, 6.07) is 9.25. The van der Waals surface area contributed by atoms with Gasteiger partial charge in [-0.25, -0.2) is 0 Å². The van der Waals surface area contributed by atoms with E-state index >= 15 is 0 Å². The first-order valence-corrected chi connectivity index (χ1v) is 6.83. The number of rotatable bonds is 4. The number of pyridine rings is 1. The molecule has 0 amide bonds. The lowest BCUT2D eigenvalue weighted by Crippen LogP contribution is -2.20. The van der Waals surface area contributed by atoms with E-state index in [1.165, 1.54) is 22.4 Å². The Bertz CT molecular complexity index is 715. The minimum Gasteiger partial charge on any atom is -0.304 e. The second-order valence-corrected chi connectivity index (χ2v) is 5.46. The summed E-state index contributed by atoms with van der Waals surface area (Å²) in [6.07, 6.45) is 1.31. The second-order valence-electron chi connectivity index (χ2n) is 5.46. The van der Waals surface area contributed by atoms with Gasteiger partial charge in [-0.3, -0.25) is 14.9 Å². The van der Waals surface area contributed by atoms with Gasteiger partial charge in [0.05, 0.1) is 17.7 Å². The molecule has 0 saturated carbocycles. The van der Waals surface area contributed by atoms with Gasteiger partial charge in [0.25, 0.3) is 11.2 Å². The van der Waals surface area contributed by atoms with Gasteiger partial charge >= 0.3 is 0 Å². The van der Waals surface area contributed by atoms with E-state index < -0.39 is 4.92 Å². The Balaban J connectivity index is 2.33. The van der Waals surface area contributed by atoms with Crippen LogP contribution in [0.5, 0.6) is 0 Å². The average Bonchev–Trinajstić information content (AvgIpc) is 2.42. The number of nitro groups is 1. The zero-order valence-electron chi connectivity index (χ0n) is 12.4. The van der Waals surface area contributed by atoms with Crippen molar-refractivity contribution >= 4 is 5.69 Å². The Labute approximate surface area is 123 Å². The molecule has 1 aromatic heterocycles. The summed E-state index contributed by atoms with van der Waals surface area (Å²) >= 11 is 0. The third-order valence-electron chi connectivity index (χ3n) is 3.50. The van der Waals surface area contributed by atoms with Crippen LogP contribution in [-0.4, -0.2) is 9.49 Å². The van der Waals surface area contributed by atoms with E-state index in [0.29, 0.717) is 18.0 Å². The first-order chi connectivity index (χ1) is 9.88. The molecule has 0 aliphatic carbocycles. The first kappa shape index (κ1) is 15.0. The van der Waals surface area contributed by atoms with Crippen molar-refractivity contribution in [2.75, 3.05) is 0 Å². The SMILES string of the molecule is Cc1cc(=O)n(Cc2ccc(C(C)C)cc2)cc1[N+](=O)[O-]. The minimum absolute atomic E-state index is 0.0339. The van der Waals surface area contributed by atoms with Crippen molar-refractivity contribution in [1.82, 2.24) is 4.57 Å². The lowest BCUT2D eigenvalue weighted by Gasteiger charge is -2.09. The van der Waals surface area contributed by atoms with Crippen molar-refractivity contribution in [3.63, 3.8) is 0 Å². The number of benzene rings is 1. The summed E-state index contributed by atoms with van der Waals surface area (Å²) in [7, 11) is 0. The van der Waals surface area contributed by atoms with Crippen LogP contribution < -0.4 is 5.56 Å². The molecule has 1 aromatic carbocycles. The van der Waals surface area contributed by atoms with Gasteiger partial charge in [-0.05, 0) is 24.0 Å². The lowest BCUT2D eigenvalue weighted by atomic mass is 10.0. The molecule has 5 nitrogen and oxygen atoms in total. The molecular formula is C16H18N2O3. The number of aromatic nitrogens is 1. The average molecular weight is 286 g/mol. The highest BCUT2D eigenvalue weighted by Gasteiger charge is 2.13. The quantitative estimate of drug-likeness (QED) is 0.640. The van der Waals surface area contributed by atoms with Crippen LogP contribution in [0.4, 0.5) is 5.69 Å². The maximum Gasteiger partial charge on any atom is 0.288 e. The van der Waals surface area contributed by atoms with Crippen LogP contribution in [-0.2, 0) is 6.54 Å². The van der Waals surface area contributed by atoms with Gasteiger partial charge in [0.15, 0.2) is 0 Å². The zero-order chi connectivity index (χ0) is 15.6. The molecule has 0 aliphatic rings. The highest BCUT2D eigenvalue weighted by molar-refractivity contribution is 5.36. The summed E-state index contributed by atoms with van der Waals surface area (Å²) in [6.45, 7) is 6.13. The Hall–Kier alpha value is -2.43. The minimum atomic E-state index is -0.465. The second kappa shape index (κ2) is 5.91. The third kappa shape index (κ3) is 3.37. The predicted octanol–water partition coefficient (Wildman–Crippen LogP) is 3.24. The summed E-state index contributed by atoms with van der Waals surface area (Å²) < 4.78 is 1.37. The van der Waals surface area contributed by atoms with Crippen LogP contribution in [0.2, 0.25) is 0 Å². The molecule has 0 spiro atoms. The number of nitrogens with zero attached hydrogens (tertiary/aromatic N) is 2. The normalized spacial score (nSPS) is 10.9. The largest absolute Gasteiger partial charge is 0.304 e. The summed E-state index contributed by atoms with van der Waals surface area (Å²) in [4.78, 5) is 22.4. The standard InChI is InChI=1S/C16H18N2O3/c1-11(2)14-6-4-13(5-7-14)9-17-10-15(18(20)21)12(3)8-16(17)19/h4-8,10-11H,9H2,1-3H3. The van der Waals surface area contributed by atoms with Crippen molar-refractivity contribution in [2.45, 2.75) is 33.2 Å². The molecular weight excluding hydrogens is 268 g/mol. The van der Waals surface area contributed by atoms with E-state index in [-0.39, 0.29) is 11.2 Å². The van der Waals surface area contributed by atoms with Gasteiger partial charge in [0.1, 0.15) is 0 Å². The Kier molecular flexibility index (Phi) is 4.21. The van der Waals surface area contributed by atoms with Crippen LogP contribution >= 0.6 is 0 Å². The van der Waals surface area contributed by atoms with E-state index in [9.17, 15) is 14.9 Å². The van der Waals surface area contributed by atoms with Gasteiger partial charge in [-0.15, -0.1) is 0 Å². The summed E-state index contributed by atoms with van der Waals surface area (Å²) in [5.74, 6) is 0.447. The predicted molar refractivity (Wildman–Crippen MR) is 81.7 cm³/mol. The van der Waals surface area contributed by atoms with Crippen LogP contribution in [0.15, 0.2) is 41.3 Å². The molecule has 0 unspecified atom stereocenters. The number of hydrogen-bond donors (Lipinski definition) is 0. The fraction of sp³-hybridized carbons (Fsp3) is 0.312. The van der Waals surface area contributed by atoms with Crippen molar-refractivity contribution in [3.8, 4) is 0 Å². The maximum absolute atomic E-state index is 11.9. The van der Waals surface area contributed by atoms with Crippen LogP contribution in [0.3, 0.4) is 0 Å². The van der Waals surface area contributed by atoms with E-state index in [0.717, 1.165) is 5.56 Å². The molecule has 1 heterocycles. The summed E-state index contributed by atoms with van der Waals surface area (Å²) in [5, 5.41) is 10.9. The molecule has 0 aliphatic heterocycles. The van der Waals surface area contributed by atoms with E-state index in [2.05, 4.69) is 13.8 Å². The molecule has 0 radical (unpaired) electrons. The van der Waals surface area contributed by atoms with Gasteiger partial charge in [0, 0.05) is 11.6 Å². The molecule has 5 heteroatoms. The van der Waals surface area contributed by atoms with Crippen molar-refractivity contribution in [1.29, 1.82) is 0 Å². The fourth-order valence-corrected chi connectivity index (χ4v) is 2.17. The van der Waals surface area contributed by atoms with Gasteiger partial charge in [-0.1, -0.05) is 38.1 Å². The van der Waals surface area contributed by atoms with Gasteiger partial charge in [-0.2, -0.15) is 0 Å². The zero-order valence-corrected chi connectivity index (χ0v) is 12.4. The van der Waals surface area contributed by atoms with E-state index in [1.54, 1.807) is 6.92 Å². The molecule has 0 N–H and O–H groups in total.